The van der Waals surface area contributed by atoms with E-state index in [0.717, 1.165) is 6.08 Å². The lowest BCUT2D eigenvalue weighted by Crippen LogP contribution is -1.86. The second-order valence-corrected chi connectivity index (χ2v) is 2.52. The summed E-state index contributed by atoms with van der Waals surface area (Å²) in [5, 5.41) is 8.33. The Morgan fingerprint density at radius 3 is 2.85 bits per heavy atom. The van der Waals surface area contributed by atoms with E-state index < -0.39 is 11.8 Å². The lowest BCUT2D eigenvalue weighted by atomic mass is 10.2. The number of hydrogen-bond donors (Lipinski definition) is 1. The van der Waals surface area contributed by atoms with Crippen LogP contribution < -0.4 is 0 Å². The van der Waals surface area contributed by atoms with Gasteiger partial charge in [-0.1, -0.05) is 18.2 Å². The minimum Gasteiger partial charge on any atom is -0.478 e. The van der Waals surface area contributed by atoms with Gasteiger partial charge < -0.3 is 5.11 Å². The van der Waals surface area contributed by atoms with Crippen LogP contribution in [0.3, 0.4) is 0 Å². The van der Waals surface area contributed by atoms with Crippen molar-refractivity contribution in [1.29, 1.82) is 0 Å². The molecule has 0 saturated heterocycles. The molecule has 0 aliphatic heterocycles. The van der Waals surface area contributed by atoms with Crippen molar-refractivity contribution in [2.75, 3.05) is 0 Å². The Morgan fingerprint density at radius 2 is 2.15 bits per heavy atom. The fourth-order valence-corrected chi connectivity index (χ4v) is 0.917. The first kappa shape index (κ1) is 9.45. The van der Waals surface area contributed by atoms with Gasteiger partial charge in [0, 0.05) is 11.6 Å². The largest absolute Gasteiger partial charge is 0.478 e. The number of carboxylic acid groups (broad SMARTS) is 1. The van der Waals surface area contributed by atoms with Crippen LogP contribution >= 0.6 is 0 Å². The third-order valence-electron chi connectivity index (χ3n) is 1.51. The maximum Gasteiger partial charge on any atom is 0.328 e. The average Bonchev–Trinajstić information content (AvgIpc) is 2.27. The third-order valence-corrected chi connectivity index (χ3v) is 1.51. The van der Waals surface area contributed by atoms with E-state index in [-0.39, 0.29) is 5.57 Å². The van der Waals surface area contributed by atoms with E-state index in [9.17, 15) is 9.18 Å². The minimum absolute atomic E-state index is 0.288. The summed E-state index contributed by atoms with van der Waals surface area (Å²) in [6.45, 7) is 0. The average molecular weight is 180 g/mol. The number of hydrogen-bond acceptors (Lipinski definition) is 1. The highest BCUT2D eigenvalue weighted by molar-refractivity contribution is 5.80. The molecule has 0 unspecified atom stereocenters. The molecule has 0 bridgehead atoms. The number of halogens is 1. The molecule has 0 saturated carbocycles. The Bertz CT molecular complexity index is 322. The molecular formula is C10H9FO2. The highest BCUT2D eigenvalue weighted by Gasteiger charge is 1.99. The van der Waals surface area contributed by atoms with Gasteiger partial charge in [0.05, 0.1) is 0 Å². The van der Waals surface area contributed by atoms with Gasteiger partial charge in [-0.15, -0.1) is 0 Å². The Labute approximate surface area is 75.4 Å². The van der Waals surface area contributed by atoms with E-state index in [0.29, 0.717) is 6.42 Å². The van der Waals surface area contributed by atoms with E-state index in [1.54, 1.807) is 18.2 Å². The topological polar surface area (TPSA) is 37.3 Å². The Balaban J connectivity index is 2.87. The van der Waals surface area contributed by atoms with Crippen LogP contribution in [0.5, 0.6) is 0 Å². The first-order valence-electron chi connectivity index (χ1n) is 3.84. The van der Waals surface area contributed by atoms with Crippen LogP contribution in [0.1, 0.15) is 6.42 Å². The SMILES string of the molecule is O=C(O)/C=C/C1=C(F)C=CCC=C1. The van der Waals surface area contributed by atoms with Crippen LogP contribution in [0.25, 0.3) is 0 Å². The second-order valence-electron chi connectivity index (χ2n) is 2.52. The van der Waals surface area contributed by atoms with E-state index in [1.165, 1.54) is 12.2 Å². The predicted molar refractivity (Wildman–Crippen MR) is 47.8 cm³/mol. The van der Waals surface area contributed by atoms with Crippen LogP contribution in [-0.4, -0.2) is 11.1 Å². The fourth-order valence-electron chi connectivity index (χ4n) is 0.917. The van der Waals surface area contributed by atoms with Crippen molar-refractivity contribution in [2.24, 2.45) is 0 Å². The molecule has 3 heteroatoms. The lowest BCUT2D eigenvalue weighted by molar-refractivity contribution is -0.131. The van der Waals surface area contributed by atoms with Crippen molar-refractivity contribution in [3.05, 3.63) is 47.9 Å². The number of aliphatic carboxylic acids is 1. The maximum absolute atomic E-state index is 13.1. The van der Waals surface area contributed by atoms with Crippen molar-refractivity contribution in [3.8, 4) is 0 Å². The minimum atomic E-state index is -1.08. The molecule has 68 valence electrons. The van der Waals surface area contributed by atoms with E-state index >= 15 is 0 Å². The number of carboxylic acids is 1. The molecule has 0 aromatic carbocycles. The quantitative estimate of drug-likeness (QED) is 0.662. The summed E-state index contributed by atoms with van der Waals surface area (Å²) >= 11 is 0. The molecular weight excluding hydrogens is 171 g/mol. The van der Waals surface area contributed by atoms with Crippen molar-refractivity contribution in [3.63, 3.8) is 0 Å². The molecule has 13 heavy (non-hydrogen) atoms. The van der Waals surface area contributed by atoms with Crippen LogP contribution in [0.15, 0.2) is 47.9 Å². The summed E-state index contributed by atoms with van der Waals surface area (Å²) in [5.41, 5.74) is 0.288. The van der Waals surface area contributed by atoms with Gasteiger partial charge in [-0.2, -0.15) is 0 Å². The van der Waals surface area contributed by atoms with Crippen molar-refractivity contribution >= 4 is 5.97 Å². The standard InChI is InChI=1S/C10H9FO2/c11-9-5-3-1-2-4-8(9)6-7-10(12)13/h2-7H,1H2,(H,12,13)/b7-6+. The summed E-state index contributed by atoms with van der Waals surface area (Å²) in [5.74, 6) is -1.49. The highest BCUT2D eigenvalue weighted by Crippen LogP contribution is 2.15. The molecule has 2 nitrogen and oxygen atoms in total. The highest BCUT2D eigenvalue weighted by atomic mass is 19.1. The summed E-state index contributed by atoms with van der Waals surface area (Å²) in [6.07, 6.45) is 9.16. The second kappa shape index (κ2) is 4.40. The lowest BCUT2D eigenvalue weighted by Gasteiger charge is -1.91. The molecule has 1 rings (SSSR count). The zero-order valence-electron chi connectivity index (χ0n) is 6.90. The number of rotatable bonds is 2. The summed E-state index contributed by atoms with van der Waals surface area (Å²) in [4.78, 5) is 10.2. The van der Waals surface area contributed by atoms with Crippen LogP contribution in [0.4, 0.5) is 4.39 Å². The van der Waals surface area contributed by atoms with E-state index in [2.05, 4.69) is 0 Å². The Kier molecular flexibility index (Phi) is 3.20. The first-order chi connectivity index (χ1) is 6.20. The molecule has 1 N–H and O–H groups in total. The summed E-state index contributed by atoms with van der Waals surface area (Å²) < 4.78 is 13.1. The molecule has 0 aromatic rings. The predicted octanol–water partition coefficient (Wildman–Crippen LogP) is 2.37. The molecule has 0 spiro atoms. The molecule has 1 aliphatic carbocycles. The molecule has 0 heterocycles. The van der Waals surface area contributed by atoms with Gasteiger partial charge in [0.25, 0.3) is 0 Å². The smallest absolute Gasteiger partial charge is 0.328 e. The van der Waals surface area contributed by atoms with E-state index in [4.69, 9.17) is 5.11 Å². The Morgan fingerprint density at radius 1 is 1.46 bits per heavy atom. The summed E-state index contributed by atoms with van der Waals surface area (Å²) in [7, 11) is 0. The Hall–Kier alpha value is -1.64. The van der Waals surface area contributed by atoms with E-state index in [1.807, 2.05) is 0 Å². The van der Waals surface area contributed by atoms with Crippen molar-refractivity contribution < 1.29 is 14.3 Å². The summed E-state index contributed by atoms with van der Waals surface area (Å²) in [6, 6.07) is 0. The van der Waals surface area contributed by atoms with Gasteiger partial charge in [-0.3, -0.25) is 0 Å². The van der Waals surface area contributed by atoms with Gasteiger partial charge >= 0.3 is 5.97 Å². The normalized spacial score (nSPS) is 16.7. The first-order valence-corrected chi connectivity index (χ1v) is 3.84. The van der Waals surface area contributed by atoms with Gasteiger partial charge in [-0.25, -0.2) is 9.18 Å². The zero-order chi connectivity index (χ0) is 9.68. The van der Waals surface area contributed by atoms with Crippen LogP contribution in [0, 0.1) is 0 Å². The molecule has 0 amide bonds. The molecule has 0 radical (unpaired) electrons. The van der Waals surface area contributed by atoms with Gasteiger partial charge in [-0.05, 0) is 18.6 Å². The zero-order valence-corrected chi connectivity index (χ0v) is 6.90. The third kappa shape index (κ3) is 3.07. The van der Waals surface area contributed by atoms with Crippen LogP contribution in [0.2, 0.25) is 0 Å². The number of allylic oxidation sites excluding steroid dienone is 7. The van der Waals surface area contributed by atoms with Crippen molar-refractivity contribution in [2.45, 2.75) is 6.42 Å². The number of carbonyl (C=O) groups is 1. The molecule has 1 aliphatic rings. The molecule has 0 fully saturated rings. The molecule has 0 aromatic heterocycles. The monoisotopic (exact) mass is 180 g/mol. The van der Waals surface area contributed by atoms with Gasteiger partial charge in [0.1, 0.15) is 5.83 Å². The fraction of sp³-hybridized carbons (Fsp3) is 0.100. The van der Waals surface area contributed by atoms with Crippen LogP contribution in [-0.2, 0) is 4.79 Å². The van der Waals surface area contributed by atoms with Gasteiger partial charge in [0.2, 0.25) is 0 Å². The van der Waals surface area contributed by atoms with Gasteiger partial charge in [0.15, 0.2) is 0 Å². The van der Waals surface area contributed by atoms with Crippen molar-refractivity contribution in [1.82, 2.24) is 0 Å². The molecule has 0 atom stereocenters. The maximum atomic E-state index is 13.1.